The van der Waals surface area contributed by atoms with Crippen molar-refractivity contribution in [3.63, 3.8) is 0 Å². The third-order valence-corrected chi connectivity index (χ3v) is 18.7. The molecule has 0 aliphatic carbocycles. The van der Waals surface area contributed by atoms with Crippen LogP contribution in [0.3, 0.4) is 0 Å². The first-order valence-electron chi connectivity index (χ1n) is 35.9. The van der Waals surface area contributed by atoms with Crippen molar-refractivity contribution in [2.45, 2.75) is 330 Å². The van der Waals surface area contributed by atoms with E-state index in [0.717, 1.165) is 53.5 Å². The second-order valence-electron chi connectivity index (χ2n) is 26.4. The number of unbranched alkanes of at least 4 members (excludes halogenated alkanes) is 36. The SMILES string of the molecule is CCCCCCCCCCCCc1cc(I)ccc1C#Cc1ccc(C#Cc2ccc(C#Cc3ccc(C#C[Si](C)(C)C)c(CCCCCCCCCCCC)c3)c(CCCCCCCCCCCC)c2)c(CCCCCCCCCCCC)c1. The molecule has 0 bridgehead atoms. The molecule has 0 aromatic heterocycles. The molecule has 0 fully saturated rings. The smallest absolute Gasteiger partial charge is 0.127 e. The van der Waals surface area contributed by atoms with Gasteiger partial charge in [0.15, 0.2) is 0 Å². The third kappa shape index (κ3) is 35.6. The van der Waals surface area contributed by atoms with E-state index in [4.69, 9.17) is 0 Å². The Morgan fingerprint density at radius 1 is 0.259 bits per heavy atom. The summed E-state index contributed by atoms with van der Waals surface area (Å²) in [7, 11) is -1.52. The largest absolute Gasteiger partial charge is 0.129 e. The van der Waals surface area contributed by atoms with Crippen LogP contribution in [0.25, 0.3) is 0 Å². The topological polar surface area (TPSA) is 0 Å². The third-order valence-electron chi connectivity index (χ3n) is 17.2. The first kappa shape index (κ1) is 73.5. The minimum absolute atomic E-state index is 1.03. The molecule has 0 heterocycles. The first-order valence-corrected chi connectivity index (χ1v) is 40.5. The predicted molar refractivity (Wildman–Crippen MR) is 389 cm³/mol. The Morgan fingerprint density at radius 2 is 0.482 bits per heavy atom. The number of hydrogen-bond acceptors (Lipinski definition) is 0. The van der Waals surface area contributed by atoms with Crippen molar-refractivity contribution in [1.82, 2.24) is 0 Å². The van der Waals surface area contributed by atoms with Crippen molar-refractivity contribution >= 4 is 30.7 Å². The minimum atomic E-state index is -1.52. The summed E-state index contributed by atoms with van der Waals surface area (Å²) in [5, 5.41) is 0. The van der Waals surface area contributed by atoms with Gasteiger partial charge in [-0.3, -0.25) is 0 Å². The van der Waals surface area contributed by atoms with Crippen LogP contribution >= 0.6 is 22.6 Å². The number of hydrogen-bond donors (Lipinski definition) is 0. The molecular weight excluding hydrogens is 1150 g/mol. The Morgan fingerprint density at radius 3 is 0.741 bits per heavy atom. The molecule has 4 rings (SSSR count). The van der Waals surface area contributed by atoms with Crippen LogP contribution in [0.2, 0.25) is 19.6 Å². The molecule has 0 unspecified atom stereocenters. The zero-order valence-electron chi connectivity index (χ0n) is 55.9. The van der Waals surface area contributed by atoms with Crippen molar-refractivity contribution in [2.24, 2.45) is 0 Å². The van der Waals surface area contributed by atoms with Gasteiger partial charge < -0.3 is 0 Å². The average Bonchev–Trinajstić information content (AvgIpc) is 3.68. The van der Waals surface area contributed by atoms with E-state index in [2.05, 4.69) is 190 Å². The molecule has 0 amide bonds. The Bertz CT molecular complexity index is 2660. The quantitative estimate of drug-likeness (QED) is 0.0179. The van der Waals surface area contributed by atoms with Crippen LogP contribution in [-0.4, -0.2) is 8.07 Å². The zero-order chi connectivity index (χ0) is 60.7. The van der Waals surface area contributed by atoms with Gasteiger partial charge in [0.25, 0.3) is 0 Å². The van der Waals surface area contributed by atoms with Gasteiger partial charge in [0.2, 0.25) is 0 Å². The summed E-state index contributed by atoms with van der Waals surface area (Å²) in [6.45, 7) is 16.3. The number of rotatable bonds is 44. The zero-order valence-corrected chi connectivity index (χ0v) is 59.1. The highest BCUT2D eigenvalue weighted by atomic mass is 127. The molecule has 0 atom stereocenters. The standard InChI is InChI=1S/C83H121ISi/c1-8-12-16-20-24-28-32-36-40-44-48-79-68-72(53-59-76(79)61-55-74-57-63-78(66-67-85(5,6)7)81(70-74)50-46-42-38-34-30-26-22-18-14-10-3)52-58-75-60-54-73(69-80(75)49-45-41-37-33-29-25-21-17-13-9-2)56-62-77-64-65-83(84)71-82(77)51-47-43-39-35-31-27-23-19-15-11-4/h53-54,57,59-60,63-65,68-71H,8-51H2,1-7H3. The van der Waals surface area contributed by atoms with E-state index in [9.17, 15) is 0 Å². The summed E-state index contributed by atoms with van der Waals surface area (Å²) in [6.07, 6.45) is 58.1. The number of aryl methyl sites for hydroxylation is 4. The maximum atomic E-state index is 3.72. The second-order valence-corrected chi connectivity index (χ2v) is 32.4. The molecule has 0 saturated carbocycles. The van der Waals surface area contributed by atoms with Crippen molar-refractivity contribution in [3.8, 4) is 47.0 Å². The molecule has 0 radical (unpaired) electrons. The molecule has 0 nitrogen and oxygen atoms in total. The number of benzene rings is 4. The van der Waals surface area contributed by atoms with E-state index in [0.29, 0.717) is 0 Å². The lowest BCUT2D eigenvalue weighted by Gasteiger charge is -2.09. The highest BCUT2D eigenvalue weighted by Gasteiger charge is 2.11. The van der Waals surface area contributed by atoms with Gasteiger partial charge in [0, 0.05) is 42.5 Å². The van der Waals surface area contributed by atoms with Crippen LogP contribution < -0.4 is 0 Å². The maximum absolute atomic E-state index is 3.72. The van der Waals surface area contributed by atoms with Gasteiger partial charge in [-0.05, 0) is 169 Å². The van der Waals surface area contributed by atoms with Gasteiger partial charge in [-0.15, -0.1) is 5.54 Å². The molecule has 0 spiro atoms. The van der Waals surface area contributed by atoms with E-state index < -0.39 is 8.07 Å². The van der Waals surface area contributed by atoms with Gasteiger partial charge >= 0.3 is 0 Å². The van der Waals surface area contributed by atoms with Crippen LogP contribution in [0.15, 0.2) is 72.8 Å². The van der Waals surface area contributed by atoms with E-state index in [1.54, 1.807) is 0 Å². The van der Waals surface area contributed by atoms with Crippen LogP contribution in [0.1, 0.15) is 346 Å². The second kappa shape index (κ2) is 48.0. The molecule has 0 aliphatic heterocycles. The minimum Gasteiger partial charge on any atom is -0.127 e. The summed E-state index contributed by atoms with van der Waals surface area (Å²) >= 11 is 2.47. The van der Waals surface area contributed by atoms with Gasteiger partial charge in [-0.2, -0.15) is 0 Å². The molecule has 85 heavy (non-hydrogen) atoms. The van der Waals surface area contributed by atoms with Crippen molar-refractivity contribution < 1.29 is 0 Å². The Hall–Kier alpha value is -3.93. The molecule has 2 heteroatoms. The van der Waals surface area contributed by atoms with E-state index in [1.165, 1.54) is 294 Å². The summed E-state index contributed by atoms with van der Waals surface area (Å²) in [5.74, 6) is 25.7. The van der Waals surface area contributed by atoms with Crippen LogP contribution in [0.4, 0.5) is 0 Å². The van der Waals surface area contributed by atoms with Crippen LogP contribution in [-0.2, 0) is 25.7 Å². The summed E-state index contributed by atoms with van der Waals surface area (Å²) in [6, 6.07) is 27.4. The van der Waals surface area contributed by atoms with Crippen molar-refractivity contribution in [3.05, 3.63) is 138 Å². The van der Waals surface area contributed by atoms with Crippen molar-refractivity contribution in [2.75, 3.05) is 0 Å². The van der Waals surface area contributed by atoms with Gasteiger partial charge in [0.05, 0.1) is 0 Å². The van der Waals surface area contributed by atoms with Gasteiger partial charge in [-0.25, -0.2) is 0 Å². The molecule has 4 aromatic rings. The molecule has 464 valence electrons. The normalized spacial score (nSPS) is 11.1. The Labute approximate surface area is 541 Å². The fourth-order valence-corrected chi connectivity index (χ4v) is 12.8. The Kier molecular flexibility index (Phi) is 41.6. The monoisotopic (exact) mass is 1270 g/mol. The lowest BCUT2D eigenvalue weighted by molar-refractivity contribution is 0.556. The molecule has 4 aromatic carbocycles. The van der Waals surface area contributed by atoms with Crippen LogP contribution in [0.5, 0.6) is 0 Å². The fraction of sp³-hybridized carbons (Fsp3) is 0.614. The number of halogens is 1. The fourth-order valence-electron chi connectivity index (χ4n) is 11.8. The van der Waals surface area contributed by atoms with E-state index in [1.807, 2.05) is 0 Å². The molecular formula is C83H121ISi. The lowest BCUT2D eigenvalue weighted by Crippen LogP contribution is -2.16. The first-order chi connectivity index (χ1) is 41.6. The highest BCUT2D eigenvalue weighted by molar-refractivity contribution is 14.1. The summed E-state index contributed by atoms with van der Waals surface area (Å²) < 4.78 is 1.30. The molecule has 0 N–H and O–H groups in total. The van der Waals surface area contributed by atoms with E-state index >= 15 is 0 Å². The predicted octanol–water partition coefficient (Wildman–Crippen LogP) is 25.6. The van der Waals surface area contributed by atoms with E-state index in [-0.39, 0.29) is 0 Å². The molecule has 0 aliphatic rings. The highest BCUT2D eigenvalue weighted by Crippen LogP contribution is 2.23. The lowest BCUT2D eigenvalue weighted by atomic mass is 9.96. The average molecular weight is 1270 g/mol. The summed E-state index contributed by atoms with van der Waals surface area (Å²) in [5.41, 5.74) is 17.1. The summed E-state index contributed by atoms with van der Waals surface area (Å²) in [4.78, 5) is 0. The van der Waals surface area contributed by atoms with Gasteiger partial charge in [0.1, 0.15) is 8.07 Å². The van der Waals surface area contributed by atoms with Crippen LogP contribution in [0, 0.1) is 50.6 Å². The van der Waals surface area contributed by atoms with Gasteiger partial charge in [-0.1, -0.05) is 320 Å². The van der Waals surface area contributed by atoms with Crippen molar-refractivity contribution in [1.29, 1.82) is 0 Å². The Balaban J connectivity index is 1.58. The maximum Gasteiger partial charge on any atom is 0.129 e. The molecule has 0 saturated heterocycles.